The summed E-state index contributed by atoms with van der Waals surface area (Å²) < 4.78 is 11.8. The van der Waals surface area contributed by atoms with Gasteiger partial charge in [0.2, 0.25) is 0 Å². The number of ether oxygens (including phenoxy) is 2. The zero-order chi connectivity index (χ0) is 28.8. The van der Waals surface area contributed by atoms with Crippen LogP contribution in [0.1, 0.15) is 21.5 Å². The Morgan fingerprint density at radius 3 is 2.52 bits per heavy atom. The average Bonchev–Trinajstić information content (AvgIpc) is 3.19. The number of hydrogen-bond donors (Lipinski definition) is 1. The van der Waals surface area contributed by atoms with Crippen molar-refractivity contribution in [2.75, 3.05) is 40.9 Å². The van der Waals surface area contributed by atoms with Crippen molar-refractivity contribution in [1.82, 2.24) is 9.80 Å². The highest BCUT2D eigenvalue weighted by atomic mass is 35.5. The van der Waals surface area contributed by atoms with Gasteiger partial charge in [-0.25, -0.2) is 4.79 Å². The monoisotopic (exact) mass is 596 g/mol. The van der Waals surface area contributed by atoms with Crippen molar-refractivity contribution in [3.63, 3.8) is 0 Å². The Morgan fingerprint density at radius 1 is 1.12 bits per heavy atom. The van der Waals surface area contributed by atoms with E-state index in [0.29, 0.717) is 45.3 Å². The Hall–Kier alpha value is -3.37. The number of carboxylic acids is 1. The summed E-state index contributed by atoms with van der Waals surface area (Å²) in [4.78, 5) is 28.6. The molecule has 3 aromatic carbocycles. The lowest BCUT2D eigenvalue weighted by Crippen LogP contribution is -2.30. The number of nitrogens with zero attached hydrogens (tertiary/aromatic N) is 2. The van der Waals surface area contributed by atoms with Gasteiger partial charge in [0, 0.05) is 24.2 Å². The number of aromatic carboxylic acids is 1. The van der Waals surface area contributed by atoms with E-state index in [9.17, 15) is 9.59 Å². The van der Waals surface area contributed by atoms with E-state index in [2.05, 4.69) is 0 Å². The van der Waals surface area contributed by atoms with Gasteiger partial charge in [-0.1, -0.05) is 53.8 Å². The molecule has 1 saturated heterocycles. The van der Waals surface area contributed by atoms with E-state index in [0.717, 1.165) is 28.8 Å². The number of rotatable bonds is 11. The first-order chi connectivity index (χ1) is 19.2. The molecule has 7 nitrogen and oxygen atoms in total. The van der Waals surface area contributed by atoms with E-state index in [1.54, 1.807) is 42.3 Å². The molecule has 1 fully saturated rings. The molecule has 0 unspecified atom stereocenters. The molecule has 40 heavy (non-hydrogen) atoms. The van der Waals surface area contributed by atoms with Crippen LogP contribution >= 0.6 is 35.6 Å². The van der Waals surface area contributed by atoms with Crippen LogP contribution in [0.15, 0.2) is 65.6 Å². The summed E-state index contributed by atoms with van der Waals surface area (Å²) in [6, 6.07) is 17.9. The SMILES string of the molecule is COc1ccc(-c2ccc(OCCN(C)C)c(/C=C3\SC(=S)N(CCc4ccc(C(=O)O)cc4)C3=O)c2)c(Cl)c1. The van der Waals surface area contributed by atoms with E-state index in [1.807, 2.05) is 55.4 Å². The molecule has 0 saturated carbocycles. The van der Waals surface area contributed by atoms with Crippen molar-refractivity contribution in [3.8, 4) is 22.6 Å². The zero-order valence-electron chi connectivity index (χ0n) is 22.3. The normalized spacial score (nSPS) is 14.3. The second-order valence-electron chi connectivity index (χ2n) is 9.34. The lowest BCUT2D eigenvalue weighted by molar-refractivity contribution is -0.122. The van der Waals surface area contributed by atoms with Gasteiger partial charge in [0.15, 0.2) is 0 Å². The van der Waals surface area contributed by atoms with Crippen LogP contribution in [0.2, 0.25) is 5.02 Å². The minimum atomic E-state index is -0.975. The summed E-state index contributed by atoms with van der Waals surface area (Å²) in [6.07, 6.45) is 2.36. The van der Waals surface area contributed by atoms with Gasteiger partial charge in [0.05, 0.1) is 22.6 Å². The van der Waals surface area contributed by atoms with E-state index >= 15 is 0 Å². The van der Waals surface area contributed by atoms with E-state index in [1.165, 1.54) is 11.8 Å². The van der Waals surface area contributed by atoms with Crippen LogP contribution < -0.4 is 9.47 Å². The lowest BCUT2D eigenvalue weighted by Gasteiger charge is -2.15. The number of carbonyl (C=O) groups is 2. The van der Waals surface area contributed by atoms with Gasteiger partial charge in [-0.05, 0) is 80.2 Å². The number of benzene rings is 3. The Morgan fingerprint density at radius 2 is 1.88 bits per heavy atom. The summed E-state index contributed by atoms with van der Waals surface area (Å²) in [7, 11) is 5.55. The molecule has 0 aromatic heterocycles. The number of hydrogen-bond acceptors (Lipinski definition) is 7. The minimum Gasteiger partial charge on any atom is -0.497 e. The number of amides is 1. The molecule has 1 aliphatic heterocycles. The molecular formula is C30H29ClN2O5S2. The van der Waals surface area contributed by atoms with Gasteiger partial charge in [-0.3, -0.25) is 9.69 Å². The smallest absolute Gasteiger partial charge is 0.335 e. The fraction of sp³-hybridized carbons (Fsp3) is 0.233. The van der Waals surface area contributed by atoms with Crippen molar-refractivity contribution >= 4 is 57.9 Å². The molecule has 1 heterocycles. The molecule has 0 radical (unpaired) electrons. The minimum absolute atomic E-state index is 0.177. The van der Waals surface area contributed by atoms with Crippen LogP contribution in [-0.2, 0) is 11.2 Å². The fourth-order valence-corrected chi connectivity index (χ4v) is 5.62. The van der Waals surface area contributed by atoms with Crippen LogP contribution in [-0.4, -0.2) is 72.0 Å². The first kappa shape index (κ1) is 29.6. The highest BCUT2D eigenvalue weighted by molar-refractivity contribution is 8.26. The van der Waals surface area contributed by atoms with Crippen molar-refractivity contribution < 1.29 is 24.2 Å². The second kappa shape index (κ2) is 13.3. The number of thioether (sulfide) groups is 1. The molecule has 1 amide bonds. The number of carbonyl (C=O) groups excluding carboxylic acids is 1. The molecule has 0 bridgehead atoms. The third-order valence-corrected chi connectivity index (χ3v) is 7.97. The van der Waals surface area contributed by atoms with Crippen molar-refractivity contribution in [2.45, 2.75) is 6.42 Å². The van der Waals surface area contributed by atoms with Crippen molar-refractivity contribution in [2.24, 2.45) is 0 Å². The van der Waals surface area contributed by atoms with Crippen molar-refractivity contribution in [3.05, 3.63) is 87.3 Å². The van der Waals surface area contributed by atoms with E-state index in [-0.39, 0.29) is 11.5 Å². The first-order valence-corrected chi connectivity index (χ1v) is 14.1. The Balaban J connectivity index is 1.59. The van der Waals surface area contributed by atoms with Crippen LogP contribution in [0, 0.1) is 0 Å². The van der Waals surface area contributed by atoms with Crippen LogP contribution in [0.4, 0.5) is 0 Å². The number of carboxylic acid groups (broad SMARTS) is 1. The molecule has 4 rings (SSSR count). The Kier molecular flexibility index (Phi) is 9.86. The Bertz CT molecular complexity index is 1460. The fourth-order valence-electron chi connectivity index (χ4n) is 4.04. The number of halogens is 1. The molecule has 1 N–H and O–H groups in total. The molecule has 3 aromatic rings. The maximum Gasteiger partial charge on any atom is 0.335 e. The van der Waals surface area contributed by atoms with Crippen LogP contribution in [0.25, 0.3) is 17.2 Å². The standard InChI is InChI=1S/C30H29ClN2O5S2/c1-32(2)14-15-38-26-11-8-21(24-10-9-23(37-3)18-25(24)31)16-22(26)17-27-28(34)33(30(39)40-27)13-12-19-4-6-20(7-5-19)29(35)36/h4-11,16-18H,12-15H2,1-3H3,(H,35,36)/b27-17-. The highest BCUT2D eigenvalue weighted by Gasteiger charge is 2.32. The largest absolute Gasteiger partial charge is 0.497 e. The predicted octanol–water partition coefficient (Wildman–Crippen LogP) is 6.10. The van der Waals surface area contributed by atoms with E-state index in [4.69, 9.17) is 38.4 Å². The van der Waals surface area contributed by atoms with Crippen LogP contribution in [0.5, 0.6) is 11.5 Å². The summed E-state index contributed by atoms with van der Waals surface area (Å²) in [6.45, 7) is 1.61. The summed E-state index contributed by atoms with van der Waals surface area (Å²) >= 11 is 13.3. The van der Waals surface area contributed by atoms with Crippen LogP contribution in [0.3, 0.4) is 0 Å². The third kappa shape index (κ3) is 7.22. The molecule has 0 aliphatic carbocycles. The molecule has 10 heteroatoms. The van der Waals surface area contributed by atoms with Gasteiger partial charge in [0.1, 0.15) is 22.4 Å². The lowest BCUT2D eigenvalue weighted by atomic mass is 10.0. The molecular weight excluding hydrogens is 568 g/mol. The van der Waals surface area contributed by atoms with Gasteiger partial charge in [-0.2, -0.15) is 0 Å². The van der Waals surface area contributed by atoms with Gasteiger partial charge < -0.3 is 19.5 Å². The zero-order valence-corrected chi connectivity index (χ0v) is 24.7. The summed E-state index contributed by atoms with van der Waals surface area (Å²) in [5.74, 6) is 0.166. The number of likely N-dealkylation sites (N-methyl/N-ethyl adjacent to an activating group) is 1. The second-order valence-corrected chi connectivity index (χ2v) is 11.4. The molecule has 208 valence electrons. The topological polar surface area (TPSA) is 79.3 Å². The first-order valence-electron chi connectivity index (χ1n) is 12.5. The number of thiocarbonyl (C=S) groups is 1. The highest BCUT2D eigenvalue weighted by Crippen LogP contribution is 2.37. The van der Waals surface area contributed by atoms with Gasteiger partial charge in [-0.15, -0.1) is 0 Å². The summed E-state index contributed by atoms with van der Waals surface area (Å²) in [5.41, 5.74) is 3.59. The van der Waals surface area contributed by atoms with Crippen molar-refractivity contribution in [1.29, 1.82) is 0 Å². The average molecular weight is 597 g/mol. The Labute approximate surface area is 248 Å². The third-order valence-electron chi connectivity index (χ3n) is 6.28. The van der Waals surface area contributed by atoms with Gasteiger partial charge in [0.25, 0.3) is 5.91 Å². The maximum atomic E-state index is 13.4. The molecule has 0 spiro atoms. The quantitative estimate of drug-likeness (QED) is 0.210. The number of methoxy groups -OCH3 is 1. The maximum absolute atomic E-state index is 13.4. The molecule has 1 aliphatic rings. The van der Waals surface area contributed by atoms with Gasteiger partial charge >= 0.3 is 5.97 Å². The summed E-state index contributed by atoms with van der Waals surface area (Å²) in [5, 5.41) is 9.65. The van der Waals surface area contributed by atoms with E-state index < -0.39 is 5.97 Å². The molecule has 0 atom stereocenters. The predicted molar refractivity (Wildman–Crippen MR) is 164 cm³/mol.